The summed E-state index contributed by atoms with van der Waals surface area (Å²) < 4.78 is 18.5. The Morgan fingerprint density at radius 1 is 1.23 bits per heavy atom. The molecule has 6 nitrogen and oxygen atoms in total. The number of nitrogens with one attached hydrogen (secondary N) is 2. The molecule has 1 amide bonds. The lowest BCUT2D eigenvalue weighted by atomic mass is 10.2. The SMILES string of the molecule is O=C(CN1CCN(C(=S)NC[C@H]2CCCO2)CC1)Nc1ccc(F)cc1. The number of nitrogens with zero attached hydrogens (tertiary/aromatic N) is 2. The van der Waals surface area contributed by atoms with E-state index in [0.29, 0.717) is 12.2 Å². The molecule has 0 bridgehead atoms. The molecule has 2 aliphatic heterocycles. The van der Waals surface area contributed by atoms with E-state index in [4.69, 9.17) is 17.0 Å². The van der Waals surface area contributed by atoms with E-state index in [-0.39, 0.29) is 17.8 Å². The van der Waals surface area contributed by atoms with Gasteiger partial charge >= 0.3 is 0 Å². The third-order valence-electron chi connectivity index (χ3n) is 4.66. The predicted octanol–water partition coefficient (Wildman–Crippen LogP) is 1.44. The zero-order valence-corrected chi connectivity index (χ0v) is 15.6. The number of carbonyl (C=O) groups excluding carboxylic acids is 1. The van der Waals surface area contributed by atoms with Crippen molar-refractivity contribution >= 4 is 28.9 Å². The highest BCUT2D eigenvalue weighted by atomic mass is 32.1. The summed E-state index contributed by atoms with van der Waals surface area (Å²) in [6.07, 6.45) is 2.48. The summed E-state index contributed by atoms with van der Waals surface area (Å²) in [7, 11) is 0. The van der Waals surface area contributed by atoms with E-state index in [1.54, 1.807) is 12.1 Å². The molecule has 1 aromatic rings. The number of carbonyl (C=O) groups is 1. The number of amides is 1. The Labute approximate surface area is 158 Å². The summed E-state index contributed by atoms with van der Waals surface area (Å²) >= 11 is 5.46. The lowest BCUT2D eigenvalue weighted by Crippen LogP contribution is -2.53. The number of halogens is 1. The molecule has 0 aliphatic carbocycles. The van der Waals surface area contributed by atoms with Gasteiger partial charge in [-0.05, 0) is 49.3 Å². The minimum atomic E-state index is -0.316. The first kappa shape index (κ1) is 19.0. The normalized spacial score (nSPS) is 20.8. The smallest absolute Gasteiger partial charge is 0.238 e. The summed E-state index contributed by atoms with van der Waals surface area (Å²) in [4.78, 5) is 16.4. The Bertz CT molecular complexity index is 614. The number of anilines is 1. The van der Waals surface area contributed by atoms with Crippen molar-refractivity contribution in [2.75, 3.05) is 51.2 Å². The predicted molar refractivity (Wildman–Crippen MR) is 103 cm³/mol. The molecule has 3 rings (SSSR count). The van der Waals surface area contributed by atoms with Gasteiger partial charge in [-0.3, -0.25) is 9.69 Å². The molecule has 2 saturated heterocycles. The third-order valence-corrected chi connectivity index (χ3v) is 5.06. The highest BCUT2D eigenvalue weighted by Crippen LogP contribution is 2.11. The fourth-order valence-electron chi connectivity index (χ4n) is 3.16. The second-order valence-electron chi connectivity index (χ2n) is 6.64. The molecule has 0 unspecified atom stereocenters. The van der Waals surface area contributed by atoms with E-state index >= 15 is 0 Å². The quantitative estimate of drug-likeness (QED) is 0.754. The largest absolute Gasteiger partial charge is 0.376 e. The van der Waals surface area contributed by atoms with Gasteiger partial charge in [0.15, 0.2) is 5.11 Å². The molecule has 1 atom stereocenters. The van der Waals surface area contributed by atoms with Gasteiger partial charge in [-0.2, -0.15) is 0 Å². The van der Waals surface area contributed by atoms with Gasteiger partial charge in [0.05, 0.1) is 12.6 Å². The van der Waals surface area contributed by atoms with Crippen LogP contribution in [0, 0.1) is 5.82 Å². The maximum Gasteiger partial charge on any atom is 0.238 e. The number of piperazine rings is 1. The van der Waals surface area contributed by atoms with Crippen LogP contribution in [0.1, 0.15) is 12.8 Å². The van der Waals surface area contributed by atoms with Crippen LogP contribution in [0.15, 0.2) is 24.3 Å². The van der Waals surface area contributed by atoms with E-state index < -0.39 is 0 Å². The standard InChI is InChI=1S/C18H25FN4O2S/c19-14-3-5-15(6-4-14)21-17(24)13-22-7-9-23(10-8-22)18(26)20-12-16-2-1-11-25-16/h3-6,16H,1-2,7-13H2,(H,20,26)(H,21,24)/t16-/m1/s1. The van der Waals surface area contributed by atoms with Crippen LogP contribution >= 0.6 is 12.2 Å². The van der Waals surface area contributed by atoms with E-state index in [1.165, 1.54) is 12.1 Å². The topological polar surface area (TPSA) is 56.8 Å². The first-order chi connectivity index (χ1) is 12.6. The summed E-state index contributed by atoms with van der Waals surface area (Å²) in [5.41, 5.74) is 0.606. The summed E-state index contributed by atoms with van der Waals surface area (Å²) in [5.74, 6) is -0.410. The average molecular weight is 380 g/mol. The Hall–Kier alpha value is -1.77. The molecule has 142 valence electrons. The fraction of sp³-hybridized carbons (Fsp3) is 0.556. The van der Waals surface area contributed by atoms with Crippen LogP contribution in [0.4, 0.5) is 10.1 Å². The average Bonchev–Trinajstić information content (AvgIpc) is 3.16. The molecule has 0 spiro atoms. The summed E-state index contributed by atoms with van der Waals surface area (Å²) in [5, 5.41) is 6.84. The van der Waals surface area contributed by atoms with E-state index in [1.807, 2.05) is 0 Å². The van der Waals surface area contributed by atoms with Gasteiger partial charge in [0.2, 0.25) is 5.91 Å². The lowest BCUT2D eigenvalue weighted by Gasteiger charge is -2.36. The van der Waals surface area contributed by atoms with E-state index in [9.17, 15) is 9.18 Å². The van der Waals surface area contributed by atoms with Crippen LogP contribution in [-0.4, -0.2) is 72.8 Å². The Balaban J connectivity index is 1.35. The number of thiocarbonyl (C=S) groups is 1. The molecule has 2 fully saturated rings. The summed E-state index contributed by atoms with van der Waals surface area (Å²) in [6.45, 7) is 5.07. The Morgan fingerprint density at radius 2 is 1.96 bits per heavy atom. The zero-order chi connectivity index (χ0) is 18.4. The highest BCUT2D eigenvalue weighted by Gasteiger charge is 2.22. The molecule has 8 heteroatoms. The van der Waals surface area contributed by atoms with Crippen LogP contribution in [0.2, 0.25) is 0 Å². The molecular weight excluding hydrogens is 355 g/mol. The minimum Gasteiger partial charge on any atom is -0.376 e. The summed E-state index contributed by atoms with van der Waals surface area (Å²) in [6, 6.07) is 5.78. The van der Waals surface area contributed by atoms with Gasteiger partial charge in [-0.15, -0.1) is 0 Å². The molecule has 0 radical (unpaired) electrons. The van der Waals surface area contributed by atoms with Crippen LogP contribution in [-0.2, 0) is 9.53 Å². The van der Waals surface area contributed by atoms with Crippen LogP contribution < -0.4 is 10.6 Å². The van der Waals surface area contributed by atoms with Gasteiger partial charge in [0.1, 0.15) is 5.82 Å². The fourth-order valence-corrected chi connectivity index (χ4v) is 3.43. The maximum absolute atomic E-state index is 12.9. The van der Waals surface area contributed by atoms with E-state index in [2.05, 4.69) is 20.4 Å². The minimum absolute atomic E-state index is 0.0934. The molecule has 26 heavy (non-hydrogen) atoms. The maximum atomic E-state index is 12.9. The van der Waals surface area contributed by atoms with Crippen molar-refractivity contribution in [2.45, 2.75) is 18.9 Å². The molecule has 2 aliphatic rings. The molecule has 2 heterocycles. The van der Waals surface area contributed by atoms with Crippen LogP contribution in [0.5, 0.6) is 0 Å². The van der Waals surface area contributed by atoms with Crippen molar-refractivity contribution in [1.29, 1.82) is 0 Å². The third kappa shape index (κ3) is 5.62. The van der Waals surface area contributed by atoms with Crippen molar-refractivity contribution in [1.82, 2.24) is 15.1 Å². The number of hydrogen-bond acceptors (Lipinski definition) is 4. The van der Waals surface area contributed by atoms with Crippen molar-refractivity contribution in [2.24, 2.45) is 0 Å². The van der Waals surface area contributed by atoms with Gasteiger partial charge in [0, 0.05) is 45.0 Å². The number of ether oxygens (including phenoxy) is 1. The first-order valence-electron chi connectivity index (χ1n) is 9.02. The van der Waals surface area contributed by atoms with Crippen molar-refractivity contribution in [3.63, 3.8) is 0 Å². The van der Waals surface area contributed by atoms with Crippen molar-refractivity contribution in [3.8, 4) is 0 Å². The van der Waals surface area contributed by atoms with Gasteiger partial charge in [-0.25, -0.2) is 4.39 Å². The highest BCUT2D eigenvalue weighted by molar-refractivity contribution is 7.80. The van der Waals surface area contributed by atoms with Gasteiger partial charge < -0.3 is 20.3 Å². The Morgan fingerprint density at radius 3 is 2.62 bits per heavy atom. The van der Waals surface area contributed by atoms with Crippen molar-refractivity contribution in [3.05, 3.63) is 30.1 Å². The number of hydrogen-bond donors (Lipinski definition) is 2. The van der Waals surface area contributed by atoms with E-state index in [0.717, 1.165) is 57.3 Å². The molecule has 0 saturated carbocycles. The zero-order valence-electron chi connectivity index (χ0n) is 14.7. The molecule has 0 aromatic heterocycles. The monoisotopic (exact) mass is 380 g/mol. The number of rotatable bonds is 5. The van der Waals surface area contributed by atoms with Crippen molar-refractivity contribution < 1.29 is 13.9 Å². The lowest BCUT2D eigenvalue weighted by molar-refractivity contribution is -0.117. The molecule has 2 N–H and O–H groups in total. The van der Waals surface area contributed by atoms with Crippen LogP contribution in [0.25, 0.3) is 0 Å². The number of benzene rings is 1. The first-order valence-corrected chi connectivity index (χ1v) is 9.43. The van der Waals surface area contributed by atoms with Gasteiger partial charge in [-0.1, -0.05) is 0 Å². The second kappa shape index (κ2) is 9.25. The Kier molecular flexibility index (Phi) is 6.76. The van der Waals surface area contributed by atoms with Crippen LogP contribution in [0.3, 0.4) is 0 Å². The molecular formula is C18H25FN4O2S. The molecule has 1 aromatic carbocycles. The second-order valence-corrected chi connectivity index (χ2v) is 7.03. The van der Waals surface area contributed by atoms with Gasteiger partial charge in [0.25, 0.3) is 0 Å².